The van der Waals surface area contributed by atoms with Crippen LogP contribution in [0.25, 0.3) is 0 Å². The average Bonchev–Trinajstić information content (AvgIpc) is 2.66. The number of guanidine groups is 1. The van der Waals surface area contributed by atoms with E-state index in [1.807, 2.05) is 0 Å². The highest BCUT2D eigenvalue weighted by Crippen LogP contribution is 2.47. The lowest BCUT2D eigenvalue weighted by atomic mass is 9.67. The van der Waals surface area contributed by atoms with Gasteiger partial charge in [0.1, 0.15) is 11.4 Å². The van der Waals surface area contributed by atoms with E-state index < -0.39 is 28.5 Å². The molecule has 9 heteroatoms. The van der Waals surface area contributed by atoms with Gasteiger partial charge in [0.2, 0.25) is 5.91 Å². The van der Waals surface area contributed by atoms with E-state index in [1.165, 1.54) is 36.3 Å². The Labute approximate surface area is 171 Å². The Balaban J connectivity index is 2.06. The van der Waals surface area contributed by atoms with Gasteiger partial charge in [-0.2, -0.15) is 13.2 Å². The van der Waals surface area contributed by atoms with E-state index in [9.17, 15) is 22.4 Å². The number of carbonyl (C=O) groups excluding carboxylic acids is 1. The summed E-state index contributed by atoms with van der Waals surface area (Å²) >= 11 is 0. The van der Waals surface area contributed by atoms with E-state index in [4.69, 9.17) is 5.73 Å². The zero-order valence-corrected chi connectivity index (χ0v) is 17.0. The van der Waals surface area contributed by atoms with Gasteiger partial charge in [0, 0.05) is 25.0 Å². The van der Waals surface area contributed by atoms with Crippen molar-refractivity contribution >= 4 is 11.9 Å². The minimum Gasteiger partial charge on any atom is -0.369 e. The first-order valence-corrected chi connectivity index (χ1v) is 9.21. The Hall–Kier alpha value is -2.97. The van der Waals surface area contributed by atoms with Crippen molar-refractivity contribution in [1.82, 2.24) is 9.88 Å². The van der Waals surface area contributed by atoms with Crippen LogP contribution in [0.2, 0.25) is 0 Å². The third kappa shape index (κ3) is 3.53. The Morgan fingerprint density at radius 3 is 2.40 bits per heavy atom. The van der Waals surface area contributed by atoms with Crippen LogP contribution in [-0.4, -0.2) is 28.8 Å². The molecule has 0 fully saturated rings. The summed E-state index contributed by atoms with van der Waals surface area (Å²) in [5.74, 6) is -0.927. The topological polar surface area (TPSA) is 71.6 Å². The van der Waals surface area contributed by atoms with E-state index in [1.54, 1.807) is 20.8 Å². The third-order valence-electron chi connectivity index (χ3n) is 5.82. The van der Waals surface area contributed by atoms with Gasteiger partial charge in [-0.1, -0.05) is 12.1 Å². The molecule has 0 unspecified atom stereocenters. The quantitative estimate of drug-likeness (QED) is 0.764. The fourth-order valence-corrected chi connectivity index (χ4v) is 3.60. The molecule has 160 valence electrons. The van der Waals surface area contributed by atoms with E-state index in [2.05, 4.69) is 9.98 Å². The molecule has 1 atom stereocenters. The Kier molecular flexibility index (Phi) is 5.12. The first kappa shape index (κ1) is 21.7. The van der Waals surface area contributed by atoms with Gasteiger partial charge in [-0.05, 0) is 50.5 Å². The summed E-state index contributed by atoms with van der Waals surface area (Å²) in [4.78, 5) is 22.1. The van der Waals surface area contributed by atoms with Gasteiger partial charge in [0.05, 0.1) is 11.0 Å². The number of rotatable bonds is 3. The number of benzene rings is 1. The molecule has 1 amide bonds. The molecule has 1 aliphatic rings. The fourth-order valence-electron chi connectivity index (χ4n) is 3.60. The van der Waals surface area contributed by atoms with Crippen molar-refractivity contribution in [2.75, 3.05) is 7.05 Å². The lowest BCUT2D eigenvalue weighted by Gasteiger charge is -2.46. The van der Waals surface area contributed by atoms with Crippen LogP contribution in [0, 0.1) is 11.2 Å². The Bertz CT molecular complexity index is 1030. The molecule has 30 heavy (non-hydrogen) atoms. The van der Waals surface area contributed by atoms with E-state index in [0.29, 0.717) is 11.1 Å². The van der Waals surface area contributed by atoms with Crippen molar-refractivity contribution < 1.29 is 22.4 Å². The molecular weight excluding hydrogens is 400 g/mol. The largest absolute Gasteiger partial charge is 0.417 e. The molecule has 0 radical (unpaired) electrons. The second kappa shape index (κ2) is 7.07. The SMILES string of the molecule is CN1C(=O)C(C)(C)[C@@](C)(c2cc(Cc3cncc(C(F)(F)F)c3)ccc2F)N=C1N. The number of alkyl halides is 3. The average molecular weight is 422 g/mol. The highest BCUT2D eigenvalue weighted by Gasteiger charge is 2.53. The van der Waals surface area contributed by atoms with Gasteiger partial charge in [0.15, 0.2) is 5.96 Å². The summed E-state index contributed by atoms with van der Waals surface area (Å²) in [7, 11) is 1.50. The highest BCUT2D eigenvalue weighted by atomic mass is 19.4. The summed E-state index contributed by atoms with van der Waals surface area (Å²) in [6.45, 7) is 4.94. The van der Waals surface area contributed by atoms with E-state index in [0.717, 1.165) is 12.3 Å². The minimum atomic E-state index is -4.50. The molecule has 1 aromatic heterocycles. The molecule has 0 bridgehead atoms. The van der Waals surface area contributed by atoms with Crippen LogP contribution in [0.1, 0.15) is 43.0 Å². The maximum absolute atomic E-state index is 14.9. The van der Waals surface area contributed by atoms with Crippen LogP contribution in [0.15, 0.2) is 41.7 Å². The van der Waals surface area contributed by atoms with Crippen LogP contribution >= 0.6 is 0 Å². The molecule has 0 saturated heterocycles. The van der Waals surface area contributed by atoms with Crippen molar-refractivity contribution in [2.24, 2.45) is 16.1 Å². The number of amides is 1. The molecule has 2 N–H and O–H groups in total. The predicted octanol–water partition coefficient (Wildman–Crippen LogP) is 3.86. The predicted molar refractivity (Wildman–Crippen MR) is 104 cm³/mol. The number of carbonyl (C=O) groups is 1. The zero-order chi connectivity index (χ0) is 22.5. The second-order valence-electron chi connectivity index (χ2n) is 8.10. The maximum atomic E-state index is 14.9. The molecule has 0 aliphatic carbocycles. The van der Waals surface area contributed by atoms with E-state index in [-0.39, 0.29) is 23.9 Å². The second-order valence-corrected chi connectivity index (χ2v) is 8.10. The van der Waals surface area contributed by atoms with Crippen LogP contribution in [0.4, 0.5) is 17.6 Å². The van der Waals surface area contributed by atoms with Gasteiger partial charge < -0.3 is 5.73 Å². The van der Waals surface area contributed by atoms with E-state index >= 15 is 0 Å². The molecule has 3 rings (SSSR count). The molecule has 1 aliphatic heterocycles. The van der Waals surface area contributed by atoms with Gasteiger partial charge in [0.25, 0.3) is 0 Å². The zero-order valence-electron chi connectivity index (χ0n) is 17.0. The summed E-state index contributed by atoms with van der Waals surface area (Å²) < 4.78 is 53.7. The van der Waals surface area contributed by atoms with Crippen LogP contribution < -0.4 is 5.73 Å². The van der Waals surface area contributed by atoms with Gasteiger partial charge in [-0.25, -0.2) is 9.38 Å². The van der Waals surface area contributed by atoms with Gasteiger partial charge >= 0.3 is 6.18 Å². The van der Waals surface area contributed by atoms with Crippen molar-refractivity contribution in [2.45, 2.75) is 38.9 Å². The first-order valence-electron chi connectivity index (χ1n) is 9.21. The standard InChI is InChI=1S/C21H22F4N4O/c1-19(2)17(30)29(4)18(26)28-20(19,3)15-9-12(5-6-16(15)22)7-13-8-14(11-27-10-13)21(23,24)25/h5-6,8-11H,7H2,1-4H3,(H2,26,28)/t20-/m1/s1. The monoisotopic (exact) mass is 422 g/mol. The molecule has 2 aromatic rings. The lowest BCUT2D eigenvalue weighted by Crippen LogP contribution is -2.58. The Morgan fingerprint density at radius 1 is 1.10 bits per heavy atom. The molecular formula is C21H22F4N4O. The van der Waals surface area contributed by atoms with Crippen LogP contribution in [0.5, 0.6) is 0 Å². The number of nitrogens with zero attached hydrogens (tertiary/aromatic N) is 3. The maximum Gasteiger partial charge on any atom is 0.417 e. The fraction of sp³-hybridized carbons (Fsp3) is 0.381. The first-order chi connectivity index (χ1) is 13.8. The highest BCUT2D eigenvalue weighted by molar-refractivity contribution is 6.01. The van der Waals surface area contributed by atoms with Gasteiger partial charge in [-0.3, -0.25) is 14.7 Å². The number of hydrogen-bond donors (Lipinski definition) is 1. The third-order valence-corrected chi connectivity index (χ3v) is 5.82. The van der Waals surface area contributed by atoms with Crippen LogP contribution in [0.3, 0.4) is 0 Å². The molecule has 5 nitrogen and oxygen atoms in total. The summed E-state index contributed by atoms with van der Waals surface area (Å²) in [6.07, 6.45) is -2.31. The Morgan fingerprint density at radius 2 is 1.77 bits per heavy atom. The number of pyridine rings is 1. The summed E-state index contributed by atoms with van der Waals surface area (Å²) in [5.41, 5.74) is 3.66. The molecule has 0 spiro atoms. The normalized spacial score (nSPS) is 21.5. The number of nitrogens with two attached hydrogens (primary N) is 1. The lowest BCUT2D eigenvalue weighted by molar-refractivity contribution is -0.140. The number of aliphatic imine (C=N–C) groups is 1. The number of hydrogen-bond acceptors (Lipinski definition) is 4. The minimum absolute atomic E-state index is 0.0336. The van der Waals surface area contributed by atoms with Crippen molar-refractivity contribution in [3.63, 3.8) is 0 Å². The molecule has 2 heterocycles. The van der Waals surface area contributed by atoms with Crippen molar-refractivity contribution in [1.29, 1.82) is 0 Å². The summed E-state index contributed by atoms with van der Waals surface area (Å²) in [5, 5.41) is 0. The number of halogens is 4. The molecule has 0 saturated carbocycles. The van der Waals surface area contributed by atoms with Crippen molar-refractivity contribution in [3.8, 4) is 0 Å². The van der Waals surface area contributed by atoms with Crippen molar-refractivity contribution in [3.05, 3.63) is 64.7 Å². The molecule has 1 aromatic carbocycles. The van der Waals surface area contributed by atoms with Crippen LogP contribution in [-0.2, 0) is 22.9 Å². The van der Waals surface area contributed by atoms with Gasteiger partial charge in [-0.15, -0.1) is 0 Å². The summed E-state index contributed by atoms with van der Waals surface area (Å²) in [6, 6.07) is 5.24. The smallest absolute Gasteiger partial charge is 0.369 e. The number of aromatic nitrogens is 1.